The Hall–Kier alpha value is 0.579. The van der Waals surface area contributed by atoms with Crippen LogP contribution < -0.4 is 0 Å². The summed E-state index contributed by atoms with van der Waals surface area (Å²) in [7, 11) is 0. The van der Waals surface area contributed by atoms with E-state index in [9.17, 15) is 9.59 Å². The molecule has 0 spiro atoms. The van der Waals surface area contributed by atoms with Crippen LogP contribution in [0.4, 0.5) is 0 Å². The van der Waals surface area contributed by atoms with Crippen molar-refractivity contribution in [1.82, 2.24) is 0 Å². The van der Waals surface area contributed by atoms with Crippen LogP contribution in [0.15, 0.2) is 0 Å². The van der Waals surface area contributed by atoms with Gasteiger partial charge in [-0.2, -0.15) is 0 Å². The number of rotatable bonds is 20. The van der Waals surface area contributed by atoms with E-state index in [4.69, 9.17) is 0 Å². The Morgan fingerprint density at radius 1 is 0.576 bits per heavy atom. The van der Waals surface area contributed by atoms with Crippen molar-refractivity contribution >= 4 is 56.6 Å². The molecule has 0 aliphatic heterocycles. The second kappa shape index (κ2) is 32.6. The predicted molar refractivity (Wildman–Crippen MR) is 155 cm³/mol. The molecule has 0 aromatic rings. The summed E-state index contributed by atoms with van der Waals surface area (Å²) in [5, 5.41) is -0.169. The fraction of sp³-hybridized carbons (Fsp3) is 0.929. The summed E-state index contributed by atoms with van der Waals surface area (Å²) in [5.74, 6) is 1.62. The standard InChI is InChI=1S/2C10H20OS.2C4H9.Sn/c2*1-9(2)7-5-3-4-6-8-10(11)12;2*1-3-4-2;/h2*9H,3-8H2,1-2H3,(H,11,12);2*1,3-4H2,2H3;/q;;;;+2/p-2. The van der Waals surface area contributed by atoms with Crippen LogP contribution >= 0.6 is 0 Å². The van der Waals surface area contributed by atoms with Gasteiger partial charge in [0.1, 0.15) is 0 Å². The van der Waals surface area contributed by atoms with Gasteiger partial charge in [-0.3, -0.25) is 0 Å². The molecule has 0 atom stereocenters. The number of unbranched alkanes of at least 4 members (excludes halogenated alkanes) is 8. The first-order chi connectivity index (χ1) is 15.7. The SMILES string of the molecule is CC(C)CCCCCCC(=O)[S-].CC(C)CCCCCCC(=O)[S-].CCC[CH2][Sn+2][CH2]CCC. The molecule has 0 saturated heterocycles. The van der Waals surface area contributed by atoms with E-state index < -0.39 is 0 Å². The molecule has 0 bridgehead atoms. The molecule has 33 heavy (non-hydrogen) atoms. The Bertz CT molecular complexity index is 365. The van der Waals surface area contributed by atoms with Gasteiger partial charge in [0.15, 0.2) is 0 Å². The summed E-state index contributed by atoms with van der Waals surface area (Å²) in [5.41, 5.74) is 0. The first kappa shape index (κ1) is 38.1. The van der Waals surface area contributed by atoms with Crippen LogP contribution in [0.5, 0.6) is 0 Å². The van der Waals surface area contributed by atoms with Gasteiger partial charge in [-0.05, 0) is 37.5 Å². The summed E-state index contributed by atoms with van der Waals surface area (Å²) in [6, 6.07) is 0. The summed E-state index contributed by atoms with van der Waals surface area (Å²) < 4.78 is 3.25. The van der Waals surface area contributed by atoms with Crippen molar-refractivity contribution in [2.75, 3.05) is 0 Å². The zero-order chi connectivity index (χ0) is 25.7. The average Bonchev–Trinajstić information content (AvgIpc) is 2.73. The van der Waals surface area contributed by atoms with Crippen LogP contribution in [0.2, 0.25) is 8.87 Å². The molecule has 0 N–H and O–H groups in total. The van der Waals surface area contributed by atoms with Crippen molar-refractivity contribution in [1.29, 1.82) is 0 Å². The summed E-state index contributed by atoms with van der Waals surface area (Å²) in [6.45, 7) is 13.6. The summed E-state index contributed by atoms with van der Waals surface area (Å²) >= 11 is 9.07. The molecule has 5 heteroatoms. The van der Waals surface area contributed by atoms with Crippen molar-refractivity contribution in [3.63, 3.8) is 0 Å². The molecule has 0 fully saturated rings. The van der Waals surface area contributed by atoms with E-state index in [1.807, 2.05) is 0 Å². The number of hydrogen-bond acceptors (Lipinski definition) is 4. The van der Waals surface area contributed by atoms with Crippen LogP contribution in [0.3, 0.4) is 0 Å². The molecule has 0 amide bonds. The third kappa shape index (κ3) is 50.4. The molecule has 0 aromatic carbocycles. The third-order valence-electron chi connectivity index (χ3n) is 5.24. The van der Waals surface area contributed by atoms with Gasteiger partial charge >= 0.3 is 69.5 Å². The van der Waals surface area contributed by atoms with Crippen LogP contribution in [-0.4, -0.2) is 31.4 Å². The quantitative estimate of drug-likeness (QED) is 0.0785. The van der Waals surface area contributed by atoms with Crippen LogP contribution in [-0.2, 0) is 34.8 Å². The van der Waals surface area contributed by atoms with E-state index in [1.165, 1.54) is 64.2 Å². The van der Waals surface area contributed by atoms with E-state index in [0.29, 0.717) is 12.8 Å². The van der Waals surface area contributed by atoms with Gasteiger partial charge in [0.25, 0.3) is 0 Å². The summed E-state index contributed by atoms with van der Waals surface area (Å²) in [6.07, 6.45) is 19.0. The second-order valence-electron chi connectivity index (χ2n) is 9.89. The zero-order valence-electron chi connectivity index (χ0n) is 23.0. The van der Waals surface area contributed by atoms with E-state index >= 15 is 0 Å². The van der Waals surface area contributed by atoms with E-state index in [2.05, 4.69) is 66.8 Å². The third-order valence-corrected chi connectivity index (χ3v) is 9.68. The van der Waals surface area contributed by atoms with Crippen molar-refractivity contribution in [2.45, 2.75) is 153 Å². The van der Waals surface area contributed by atoms with E-state index in [0.717, 1.165) is 37.5 Å². The Balaban J connectivity index is -0.000000414. The van der Waals surface area contributed by atoms with E-state index in [1.54, 1.807) is 8.87 Å². The fourth-order valence-corrected chi connectivity index (χ4v) is 7.53. The molecule has 0 aromatic heterocycles. The molecule has 0 unspecified atom stereocenters. The van der Waals surface area contributed by atoms with Crippen LogP contribution in [0, 0.1) is 11.8 Å². The number of carbonyl (C=O) groups is 2. The van der Waals surface area contributed by atoms with E-state index in [-0.39, 0.29) is 31.4 Å². The molecular formula is C28H56O2S2Sn. The van der Waals surface area contributed by atoms with Gasteiger partial charge < -0.3 is 34.8 Å². The van der Waals surface area contributed by atoms with Gasteiger partial charge in [0.05, 0.1) is 0 Å². The summed E-state index contributed by atoms with van der Waals surface area (Å²) in [4.78, 5) is 20.8. The molecule has 0 saturated carbocycles. The Kier molecular flexibility index (Phi) is 37.6. The van der Waals surface area contributed by atoms with Crippen molar-refractivity contribution in [3.05, 3.63) is 0 Å². The number of carbonyl (C=O) groups excluding carboxylic acids is 2. The van der Waals surface area contributed by atoms with Crippen molar-refractivity contribution in [3.8, 4) is 0 Å². The molecule has 0 radical (unpaired) electrons. The first-order valence-electron chi connectivity index (χ1n) is 13.8. The topological polar surface area (TPSA) is 34.1 Å². The maximum atomic E-state index is 10.4. The minimum atomic E-state index is -0.0844. The normalized spacial score (nSPS) is 10.2. The molecule has 0 aliphatic rings. The van der Waals surface area contributed by atoms with Crippen molar-refractivity contribution < 1.29 is 9.59 Å². The van der Waals surface area contributed by atoms with Gasteiger partial charge in [-0.15, -0.1) is 0 Å². The molecular weight excluding hydrogens is 551 g/mol. The average molecular weight is 608 g/mol. The molecule has 2 nitrogen and oxygen atoms in total. The van der Waals surface area contributed by atoms with Gasteiger partial charge in [0, 0.05) is 10.2 Å². The van der Waals surface area contributed by atoms with Gasteiger partial charge in [-0.1, -0.05) is 79.1 Å². The Labute approximate surface area is 230 Å². The van der Waals surface area contributed by atoms with Crippen molar-refractivity contribution in [2.24, 2.45) is 11.8 Å². The Morgan fingerprint density at radius 3 is 1.18 bits per heavy atom. The fourth-order valence-electron chi connectivity index (χ4n) is 3.08. The second-order valence-corrected chi connectivity index (χ2v) is 15.1. The van der Waals surface area contributed by atoms with Crippen LogP contribution in [0.25, 0.3) is 0 Å². The zero-order valence-corrected chi connectivity index (χ0v) is 27.5. The molecule has 196 valence electrons. The molecule has 0 heterocycles. The minimum absolute atomic E-state index is 0.0844. The maximum absolute atomic E-state index is 10.4. The molecule has 0 aliphatic carbocycles. The Morgan fingerprint density at radius 2 is 0.909 bits per heavy atom. The predicted octanol–water partition coefficient (Wildman–Crippen LogP) is 9.24. The molecule has 0 rings (SSSR count). The van der Waals surface area contributed by atoms with Gasteiger partial charge in [0.2, 0.25) is 0 Å². The number of hydrogen-bond donors (Lipinski definition) is 0. The monoisotopic (exact) mass is 608 g/mol. The van der Waals surface area contributed by atoms with Crippen LogP contribution in [0.1, 0.15) is 144 Å². The van der Waals surface area contributed by atoms with Gasteiger partial charge in [-0.25, -0.2) is 0 Å². The first-order valence-corrected chi connectivity index (χ1v) is 18.6.